The molecule has 0 spiro atoms. The van der Waals surface area contributed by atoms with E-state index >= 15 is 0 Å². The highest BCUT2D eigenvalue weighted by Gasteiger charge is 2.24. The zero-order valence-electron chi connectivity index (χ0n) is 7.45. The number of hydrogen-bond donors (Lipinski definition) is 0. The predicted molar refractivity (Wildman–Crippen MR) is 44.9 cm³/mol. The largest absolute Gasteiger partial charge is 0.203 e. The monoisotopic (exact) mass is 215 g/mol. The molecule has 0 N–H and O–H groups in total. The lowest BCUT2D eigenvalue weighted by atomic mass is 10.1. The molecule has 1 rings (SSSR count). The second kappa shape index (κ2) is 4.13. The second-order valence-corrected chi connectivity index (χ2v) is 2.71. The molecule has 1 aromatic carbocycles. The summed E-state index contributed by atoms with van der Waals surface area (Å²) in [6, 6.07) is 1.06. The molecule has 0 saturated heterocycles. The molecule has 0 bridgehead atoms. The first-order valence-electron chi connectivity index (χ1n) is 3.90. The van der Waals surface area contributed by atoms with E-state index in [0.717, 1.165) is 12.1 Å². The molecule has 0 radical (unpaired) electrons. The Kier molecular flexibility index (Phi) is 3.10. The number of nitrogens with zero attached hydrogens (tertiary/aromatic N) is 1. The van der Waals surface area contributed by atoms with Gasteiger partial charge in [0.05, 0.1) is 0 Å². The molecule has 1 nitrogen and oxygen atoms in total. The Balaban J connectivity index is 3.60. The molecule has 0 aliphatic rings. The van der Waals surface area contributed by atoms with Crippen LogP contribution in [-0.2, 0) is 6.42 Å². The van der Waals surface area contributed by atoms with Crippen LogP contribution in [0.3, 0.4) is 0 Å². The summed E-state index contributed by atoms with van der Waals surface area (Å²) in [6.45, 7) is 3.20. The summed E-state index contributed by atoms with van der Waals surface area (Å²) in [5.74, 6) is -6.45. The van der Waals surface area contributed by atoms with Crippen molar-refractivity contribution < 1.29 is 17.6 Å². The molecule has 0 aliphatic carbocycles. The van der Waals surface area contributed by atoms with Crippen LogP contribution in [0.4, 0.5) is 17.6 Å². The Hall–Kier alpha value is -1.83. The molecular formula is C10H5F4N. The quantitative estimate of drug-likeness (QED) is 0.422. The van der Waals surface area contributed by atoms with Crippen molar-refractivity contribution in [2.24, 2.45) is 0 Å². The number of benzene rings is 1. The summed E-state index contributed by atoms with van der Waals surface area (Å²) >= 11 is 0. The maximum absolute atomic E-state index is 13.1. The zero-order chi connectivity index (χ0) is 11.6. The first kappa shape index (κ1) is 11.2. The molecule has 15 heavy (non-hydrogen) atoms. The third-order valence-electron chi connectivity index (χ3n) is 1.81. The van der Waals surface area contributed by atoms with Crippen LogP contribution in [-0.4, -0.2) is 0 Å². The van der Waals surface area contributed by atoms with Gasteiger partial charge in [-0.2, -0.15) is 5.26 Å². The zero-order valence-corrected chi connectivity index (χ0v) is 7.45. The van der Waals surface area contributed by atoms with E-state index in [1.807, 2.05) is 0 Å². The summed E-state index contributed by atoms with van der Waals surface area (Å²) < 4.78 is 52.2. The highest BCUT2D eigenvalue weighted by Crippen LogP contribution is 2.23. The fourth-order valence-corrected chi connectivity index (χ4v) is 1.10. The maximum Gasteiger partial charge on any atom is 0.180 e. The number of rotatable bonds is 2. The second-order valence-electron chi connectivity index (χ2n) is 2.71. The van der Waals surface area contributed by atoms with E-state index in [4.69, 9.17) is 5.26 Å². The minimum absolute atomic E-state index is 0.350. The lowest BCUT2D eigenvalue weighted by Gasteiger charge is -2.06. The SMILES string of the molecule is C=CCc1c(F)c(F)c(C#N)c(F)c1F. The third-order valence-corrected chi connectivity index (χ3v) is 1.81. The summed E-state index contributed by atoms with van der Waals surface area (Å²) in [7, 11) is 0. The van der Waals surface area contributed by atoms with Gasteiger partial charge in [-0.15, -0.1) is 6.58 Å². The number of hydrogen-bond acceptors (Lipinski definition) is 1. The summed E-state index contributed by atoms with van der Waals surface area (Å²) in [5.41, 5.74) is -2.02. The van der Waals surface area contributed by atoms with Gasteiger partial charge in [0, 0.05) is 5.56 Å². The van der Waals surface area contributed by atoms with E-state index in [9.17, 15) is 17.6 Å². The van der Waals surface area contributed by atoms with Gasteiger partial charge in [0.25, 0.3) is 0 Å². The average molecular weight is 215 g/mol. The summed E-state index contributed by atoms with van der Waals surface area (Å²) in [6.07, 6.45) is 0.754. The van der Waals surface area contributed by atoms with Crippen molar-refractivity contribution in [3.8, 4) is 6.07 Å². The molecule has 0 unspecified atom stereocenters. The molecule has 0 heterocycles. The highest BCUT2D eigenvalue weighted by atomic mass is 19.2. The van der Waals surface area contributed by atoms with Gasteiger partial charge < -0.3 is 0 Å². The Morgan fingerprint density at radius 1 is 1.07 bits per heavy atom. The van der Waals surface area contributed by atoms with E-state index in [1.54, 1.807) is 0 Å². The van der Waals surface area contributed by atoms with Gasteiger partial charge in [-0.25, -0.2) is 17.6 Å². The van der Waals surface area contributed by atoms with Gasteiger partial charge in [-0.3, -0.25) is 0 Å². The van der Waals surface area contributed by atoms with Crippen LogP contribution in [0.2, 0.25) is 0 Å². The Morgan fingerprint density at radius 2 is 1.53 bits per heavy atom. The molecular weight excluding hydrogens is 210 g/mol. The van der Waals surface area contributed by atoms with E-state index < -0.39 is 34.4 Å². The fraction of sp³-hybridized carbons (Fsp3) is 0.100. The van der Waals surface area contributed by atoms with Crippen molar-refractivity contribution in [3.05, 3.63) is 47.1 Å². The van der Waals surface area contributed by atoms with Gasteiger partial charge in [0.1, 0.15) is 11.6 Å². The predicted octanol–water partition coefficient (Wildman–Crippen LogP) is 2.84. The molecule has 78 valence electrons. The topological polar surface area (TPSA) is 23.8 Å². The number of allylic oxidation sites excluding steroid dienone is 1. The van der Waals surface area contributed by atoms with Gasteiger partial charge in [0.15, 0.2) is 23.3 Å². The maximum atomic E-state index is 13.1. The van der Waals surface area contributed by atoms with Gasteiger partial charge in [0.2, 0.25) is 0 Å². The van der Waals surface area contributed by atoms with Crippen molar-refractivity contribution in [1.82, 2.24) is 0 Å². The molecule has 0 atom stereocenters. The molecule has 0 aromatic heterocycles. The normalized spacial score (nSPS) is 9.80. The Labute approximate surface area is 83.3 Å². The van der Waals surface area contributed by atoms with Gasteiger partial charge >= 0.3 is 0 Å². The van der Waals surface area contributed by atoms with E-state index in [2.05, 4.69) is 6.58 Å². The van der Waals surface area contributed by atoms with Crippen molar-refractivity contribution in [1.29, 1.82) is 5.26 Å². The van der Waals surface area contributed by atoms with Gasteiger partial charge in [-0.1, -0.05) is 6.08 Å². The molecule has 0 aliphatic heterocycles. The molecule has 5 heteroatoms. The van der Waals surface area contributed by atoms with Crippen molar-refractivity contribution >= 4 is 0 Å². The average Bonchev–Trinajstić information content (AvgIpc) is 2.23. The van der Waals surface area contributed by atoms with Gasteiger partial charge in [-0.05, 0) is 6.42 Å². The first-order chi connectivity index (χ1) is 7.04. The van der Waals surface area contributed by atoms with E-state index in [1.165, 1.54) is 0 Å². The number of nitriles is 1. The van der Waals surface area contributed by atoms with Crippen molar-refractivity contribution in [2.45, 2.75) is 6.42 Å². The third kappa shape index (κ3) is 1.71. The minimum Gasteiger partial charge on any atom is -0.203 e. The highest BCUT2D eigenvalue weighted by molar-refractivity contribution is 5.38. The standard InChI is InChI=1S/C10H5F4N/c1-2-3-5-7(11)9(13)6(4-15)10(14)8(5)12/h2H,1,3H2. The van der Waals surface area contributed by atoms with Crippen LogP contribution in [0.1, 0.15) is 11.1 Å². The lowest BCUT2D eigenvalue weighted by molar-refractivity contribution is 0.438. The lowest BCUT2D eigenvalue weighted by Crippen LogP contribution is -2.06. The molecule has 1 aromatic rings. The molecule has 0 fully saturated rings. The Bertz CT molecular complexity index is 430. The Morgan fingerprint density at radius 3 is 1.87 bits per heavy atom. The van der Waals surface area contributed by atoms with Crippen LogP contribution in [0.5, 0.6) is 0 Å². The summed E-state index contributed by atoms with van der Waals surface area (Å²) in [5, 5.41) is 8.29. The molecule has 0 amide bonds. The van der Waals surface area contributed by atoms with E-state index in [0.29, 0.717) is 0 Å². The van der Waals surface area contributed by atoms with Crippen molar-refractivity contribution in [3.63, 3.8) is 0 Å². The van der Waals surface area contributed by atoms with Crippen molar-refractivity contribution in [2.75, 3.05) is 0 Å². The van der Waals surface area contributed by atoms with Crippen LogP contribution in [0, 0.1) is 34.6 Å². The fourth-order valence-electron chi connectivity index (χ4n) is 1.10. The van der Waals surface area contributed by atoms with Crippen LogP contribution in [0.25, 0.3) is 0 Å². The molecule has 0 saturated carbocycles. The first-order valence-corrected chi connectivity index (χ1v) is 3.90. The van der Waals surface area contributed by atoms with Crippen LogP contribution in [0.15, 0.2) is 12.7 Å². The van der Waals surface area contributed by atoms with Crippen LogP contribution < -0.4 is 0 Å². The van der Waals surface area contributed by atoms with E-state index in [-0.39, 0.29) is 6.42 Å². The number of halogens is 4. The summed E-state index contributed by atoms with van der Waals surface area (Å²) in [4.78, 5) is 0. The smallest absolute Gasteiger partial charge is 0.180 e. The van der Waals surface area contributed by atoms with Crippen LogP contribution >= 0.6 is 0 Å². The minimum atomic E-state index is -1.67.